The lowest BCUT2D eigenvalue weighted by Gasteiger charge is -2.18. The standard InChI is InChI=1S/C39H27N3/c1-26-41-36-15-6-7-16-37(36)42(26)30-23-21-29(22-24-30)39-33-12-4-2-10-31(33)38(32-11-3-5-13-34(32)39)28-19-17-27(18-20-28)35-14-8-9-25-40-35/h2-25H,1H3/i1D3. The number of pyridine rings is 1. The van der Waals surface area contributed by atoms with E-state index in [1.54, 1.807) is 4.57 Å². The van der Waals surface area contributed by atoms with E-state index in [-0.39, 0.29) is 5.82 Å². The van der Waals surface area contributed by atoms with Crippen molar-refractivity contribution in [3.63, 3.8) is 0 Å². The van der Waals surface area contributed by atoms with Crippen molar-refractivity contribution < 1.29 is 4.11 Å². The molecular formula is C39H27N3. The topological polar surface area (TPSA) is 30.7 Å². The van der Waals surface area contributed by atoms with Crippen molar-refractivity contribution in [2.24, 2.45) is 0 Å². The van der Waals surface area contributed by atoms with E-state index in [4.69, 9.17) is 4.11 Å². The lowest BCUT2D eigenvalue weighted by Crippen LogP contribution is -1.97. The normalized spacial score (nSPS) is 12.8. The summed E-state index contributed by atoms with van der Waals surface area (Å²) >= 11 is 0. The molecule has 0 atom stereocenters. The second kappa shape index (κ2) is 9.83. The van der Waals surface area contributed by atoms with Gasteiger partial charge in [0.15, 0.2) is 0 Å². The first-order chi connectivity index (χ1) is 22.0. The van der Waals surface area contributed by atoms with Gasteiger partial charge >= 0.3 is 0 Å². The first-order valence-electron chi connectivity index (χ1n) is 15.5. The van der Waals surface area contributed by atoms with Gasteiger partial charge in [0, 0.05) is 21.6 Å². The molecule has 0 spiro atoms. The molecule has 0 fully saturated rings. The number of hydrogen-bond donors (Lipinski definition) is 0. The molecule has 0 radical (unpaired) electrons. The highest BCUT2D eigenvalue weighted by Crippen LogP contribution is 2.44. The number of aryl methyl sites for hydroxylation is 1. The van der Waals surface area contributed by atoms with Crippen LogP contribution in [0.15, 0.2) is 146 Å². The third-order valence-corrected chi connectivity index (χ3v) is 8.04. The molecule has 8 rings (SSSR count). The Morgan fingerprint density at radius 3 is 1.62 bits per heavy atom. The van der Waals surface area contributed by atoms with Crippen LogP contribution in [0.2, 0.25) is 0 Å². The van der Waals surface area contributed by atoms with Crippen molar-refractivity contribution in [1.82, 2.24) is 14.5 Å². The van der Waals surface area contributed by atoms with Crippen LogP contribution in [0.4, 0.5) is 0 Å². The van der Waals surface area contributed by atoms with E-state index in [2.05, 4.69) is 94.9 Å². The fourth-order valence-corrected chi connectivity index (χ4v) is 6.16. The van der Waals surface area contributed by atoms with Crippen LogP contribution in [-0.4, -0.2) is 14.5 Å². The van der Waals surface area contributed by atoms with Gasteiger partial charge in [-0.1, -0.05) is 103 Å². The maximum Gasteiger partial charge on any atom is 0.111 e. The van der Waals surface area contributed by atoms with Crippen molar-refractivity contribution in [2.45, 2.75) is 6.85 Å². The maximum absolute atomic E-state index is 8.15. The zero-order valence-corrected chi connectivity index (χ0v) is 22.7. The monoisotopic (exact) mass is 540 g/mol. The molecule has 3 nitrogen and oxygen atoms in total. The minimum absolute atomic E-state index is 0.0609. The van der Waals surface area contributed by atoms with Crippen molar-refractivity contribution in [1.29, 1.82) is 0 Å². The molecule has 0 unspecified atom stereocenters. The van der Waals surface area contributed by atoms with Gasteiger partial charge in [-0.25, -0.2) is 4.98 Å². The van der Waals surface area contributed by atoms with Crippen LogP contribution in [0.3, 0.4) is 0 Å². The Kier molecular flexibility index (Phi) is 4.97. The number of rotatable bonds is 4. The molecule has 0 saturated carbocycles. The highest BCUT2D eigenvalue weighted by Gasteiger charge is 2.17. The second-order valence-corrected chi connectivity index (χ2v) is 10.4. The van der Waals surface area contributed by atoms with Gasteiger partial charge in [-0.3, -0.25) is 9.55 Å². The SMILES string of the molecule is [2H]C([2H])([2H])c1nc2ccccc2n1-c1ccc(-c2c3ccccc3c(-c3ccc(-c4ccccn4)cc3)c3ccccc23)cc1. The van der Waals surface area contributed by atoms with Crippen LogP contribution in [0, 0.1) is 6.85 Å². The number of nitrogens with zero attached hydrogens (tertiary/aromatic N) is 3. The number of fused-ring (bicyclic) bond motifs is 3. The summed E-state index contributed by atoms with van der Waals surface area (Å²) in [6.45, 7) is -2.35. The minimum Gasteiger partial charge on any atom is -0.297 e. The molecule has 0 bridgehead atoms. The molecule has 0 saturated heterocycles. The van der Waals surface area contributed by atoms with Gasteiger partial charge in [-0.05, 0) is 87.0 Å². The predicted molar refractivity (Wildman–Crippen MR) is 175 cm³/mol. The Bertz CT molecular complexity index is 2280. The van der Waals surface area contributed by atoms with E-state index < -0.39 is 6.85 Å². The van der Waals surface area contributed by atoms with Gasteiger partial charge in [-0.2, -0.15) is 0 Å². The number of aromatic nitrogens is 3. The quantitative estimate of drug-likeness (QED) is 0.208. The zero-order chi connectivity index (χ0) is 30.5. The van der Waals surface area contributed by atoms with Crippen molar-refractivity contribution in [2.75, 3.05) is 0 Å². The highest BCUT2D eigenvalue weighted by molar-refractivity contribution is 6.21. The zero-order valence-electron chi connectivity index (χ0n) is 25.7. The molecule has 2 heterocycles. The Hall–Kier alpha value is -5.54. The molecule has 0 aliphatic heterocycles. The minimum atomic E-state index is -2.35. The molecule has 3 heteroatoms. The summed E-state index contributed by atoms with van der Waals surface area (Å²) in [7, 11) is 0. The van der Waals surface area contributed by atoms with E-state index in [9.17, 15) is 0 Å². The van der Waals surface area contributed by atoms with Crippen LogP contribution in [0.25, 0.3) is 71.8 Å². The van der Waals surface area contributed by atoms with E-state index >= 15 is 0 Å². The largest absolute Gasteiger partial charge is 0.297 e. The van der Waals surface area contributed by atoms with Crippen LogP contribution in [-0.2, 0) is 0 Å². The molecule has 42 heavy (non-hydrogen) atoms. The summed E-state index contributed by atoms with van der Waals surface area (Å²) in [6.07, 6.45) is 1.82. The number of para-hydroxylation sites is 2. The fraction of sp³-hybridized carbons (Fsp3) is 0.0256. The molecule has 0 amide bonds. The first kappa shape index (κ1) is 21.2. The molecule has 0 aliphatic rings. The molecule has 2 aromatic heterocycles. The first-order valence-corrected chi connectivity index (χ1v) is 14.0. The van der Waals surface area contributed by atoms with Gasteiger partial charge in [0.2, 0.25) is 0 Å². The Labute approximate surface area is 248 Å². The third kappa shape index (κ3) is 3.90. The lowest BCUT2D eigenvalue weighted by molar-refractivity contribution is 1.00. The molecule has 0 aliphatic carbocycles. The second-order valence-electron chi connectivity index (χ2n) is 10.4. The van der Waals surface area contributed by atoms with Crippen molar-refractivity contribution in [3.8, 4) is 39.2 Å². The van der Waals surface area contributed by atoms with Gasteiger partial charge in [0.25, 0.3) is 0 Å². The van der Waals surface area contributed by atoms with Gasteiger partial charge in [0.1, 0.15) is 5.82 Å². The summed E-state index contributed by atoms with van der Waals surface area (Å²) in [4.78, 5) is 9.00. The summed E-state index contributed by atoms with van der Waals surface area (Å²) in [5, 5.41) is 4.66. The number of imidazole rings is 1. The molecular weight excluding hydrogens is 510 g/mol. The maximum atomic E-state index is 8.15. The van der Waals surface area contributed by atoms with Crippen LogP contribution in [0.1, 0.15) is 9.94 Å². The highest BCUT2D eigenvalue weighted by atomic mass is 15.1. The van der Waals surface area contributed by atoms with Crippen LogP contribution >= 0.6 is 0 Å². The average molecular weight is 541 g/mol. The summed E-state index contributed by atoms with van der Waals surface area (Å²) in [6, 6.07) is 47.4. The molecule has 6 aromatic carbocycles. The lowest BCUT2D eigenvalue weighted by atomic mass is 9.86. The van der Waals surface area contributed by atoms with Gasteiger partial charge in [-0.15, -0.1) is 0 Å². The van der Waals surface area contributed by atoms with Crippen LogP contribution < -0.4 is 0 Å². The molecule has 8 aromatic rings. The smallest absolute Gasteiger partial charge is 0.111 e. The summed E-state index contributed by atoms with van der Waals surface area (Å²) in [5.41, 5.74) is 8.77. The number of benzene rings is 6. The molecule has 0 N–H and O–H groups in total. The van der Waals surface area contributed by atoms with E-state index in [0.717, 1.165) is 49.9 Å². The average Bonchev–Trinajstić information content (AvgIpc) is 3.49. The Morgan fingerprint density at radius 1 is 0.524 bits per heavy atom. The summed E-state index contributed by atoms with van der Waals surface area (Å²) < 4.78 is 26.2. The fourth-order valence-electron chi connectivity index (χ4n) is 6.16. The Balaban J connectivity index is 1.30. The van der Waals surface area contributed by atoms with Gasteiger partial charge < -0.3 is 0 Å². The number of hydrogen-bond acceptors (Lipinski definition) is 2. The Morgan fingerprint density at radius 2 is 1.05 bits per heavy atom. The summed E-state index contributed by atoms with van der Waals surface area (Å²) in [5.74, 6) is 0.0609. The third-order valence-electron chi connectivity index (χ3n) is 8.04. The van der Waals surface area contributed by atoms with Gasteiger partial charge in [0.05, 0.1) is 16.7 Å². The van der Waals surface area contributed by atoms with E-state index in [1.807, 2.05) is 60.8 Å². The molecule has 198 valence electrons. The van der Waals surface area contributed by atoms with E-state index in [1.165, 1.54) is 16.3 Å². The van der Waals surface area contributed by atoms with Crippen molar-refractivity contribution >= 4 is 32.6 Å². The predicted octanol–water partition coefficient (Wildman–Crippen LogP) is 10.0. The van der Waals surface area contributed by atoms with Crippen molar-refractivity contribution in [3.05, 3.63) is 152 Å². The van der Waals surface area contributed by atoms with Crippen LogP contribution in [0.5, 0.6) is 0 Å². The van der Waals surface area contributed by atoms with E-state index in [0.29, 0.717) is 5.52 Å².